The zero-order valence-electron chi connectivity index (χ0n) is 16.0. The third-order valence-electron chi connectivity index (χ3n) is 5.27. The standard InChI is InChI=1S/C22H21F2N3O2/c1-29-20-11-3-2-6-14(20)13-27-19-10-5-9-18(15(19)12-25-27)26-22(28)21-16(23)7-4-8-17(21)24/h2-4,6-8,11-12,18H,5,9-10,13H2,1H3,(H,26,28)/t18-/m0/s1. The van der Waals surface area contributed by atoms with Crippen LogP contribution in [-0.4, -0.2) is 22.8 Å². The molecule has 5 nitrogen and oxygen atoms in total. The second-order valence-electron chi connectivity index (χ2n) is 7.03. The van der Waals surface area contributed by atoms with Gasteiger partial charge in [-0.05, 0) is 37.5 Å². The molecular formula is C22H21F2N3O2. The third-order valence-corrected chi connectivity index (χ3v) is 5.27. The van der Waals surface area contributed by atoms with Gasteiger partial charge in [0.05, 0.1) is 25.9 Å². The summed E-state index contributed by atoms with van der Waals surface area (Å²) in [6, 6.07) is 10.8. The van der Waals surface area contributed by atoms with Gasteiger partial charge in [-0.3, -0.25) is 9.48 Å². The molecule has 1 amide bonds. The van der Waals surface area contributed by atoms with E-state index in [-0.39, 0.29) is 6.04 Å². The minimum absolute atomic E-state index is 0.336. The van der Waals surface area contributed by atoms with Crippen LogP contribution in [0.5, 0.6) is 5.75 Å². The minimum atomic E-state index is -0.870. The molecule has 7 heteroatoms. The molecule has 0 spiro atoms. The summed E-state index contributed by atoms with van der Waals surface area (Å²) in [7, 11) is 1.63. The number of fused-ring (bicyclic) bond motifs is 1. The number of carbonyl (C=O) groups excluding carboxylic acids is 1. The van der Waals surface area contributed by atoms with E-state index in [1.807, 2.05) is 28.9 Å². The van der Waals surface area contributed by atoms with Gasteiger partial charge in [0, 0.05) is 16.8 Å². The van der Waals surface area contributed by atoms with E-state index in [0.29, 0.717) is 13.0 Å². The van der Waals surface area contributed by atoms with E-state index >= 15 is 0 Å². The Balaban J connectivity index is 1.58. The fourth-order valence-electron chi connectivity index (χ4n) is 3.85. The van der Waals surface area contributed by atoms with Crippen molar-refractivity contribution in [2.75, 3.05) is 7.11 Å². The highest BCUT2D eigenvalue weighted by Gasteiger charge is 2.28. The highest BCUT2D eigenvalue weighted by atomic mass is 19.1. The summed E-state index contributed by atoms with van der Waals surface area (Å²) in [4.78, 5) is 12.5. The summed E-state index contributed by atoms with van der Waals surface area (Å²) in [6.45, 7) is 0.544. The Hall–Kier alpha value is -3.22. The van der Waals surface area contributed by atoms with Crippen LogP contribution in [0.2, 0.25) is 0 Å². The lowest BCUT2D eigenvalue weighted by Crippen LogP contribution is -2.32. The summed E-state index contributed by atoms with van der Waals surface area (Å²) in [5, 5.41) is 7.27. The van der Waals surface area contributed by atoms with Crippen LogP contribution in [0.1, 0.15) is 46.1 Å². The normalized spacial score (nSPS) is 15.6. The number of ether oxygens (including phenoxy) is 1. The van der Waals surface area contributed by atoms with Gasteiger partial charge in [-0.1, -0.05) is 24.3 Å². The van der Waals surface area contributed by atoms with Crippen molar-refractivity contribution in [2.24, 2.45) is 0 Å². The predicted molar refractivity (Wildman–Crippen MR) is 104 cm³/mol. The Morgan fingerprint density at radius 3 is 2.72 bits per heavy atom. The first-order valence-corrected chi connectivity index (χ1v) is 9.50. The first-order valence-electron chi connectivity index (χ1n) is 9.50. The van der Waals surface area contributed by atoms with Crippen molar-refractivity contribution in [3.8, 4) is 5.75 Å². The number of rotatable bonds is 5. The number of aromatic nitrogens is 2. The fraction of sp³-hybridized carbons (Fsp3) is 0.273. The van der Waals surface area contributed by atoms with Gasteiger partial charge in [-0.25, -0.2) is 8.78 Å². The average molecular weight is 397 g/mol. The maximum absolute atomic E-state index is 13.9. The number of halogens is 2. The van der Waals surface area contributed by atoms with Gasteiger partial charge in [-0.15, -0.1) is 0 Å². The Labute approximate surface area is 167 Å². The van der Waals surface area contributed by atoms with E-state index in [1.54, 1.807) is 13.3 Å². The summed E-state index contributed by atoms with van der Waals surface area (Å²) in [5.41, 5.74) is 2.35. The maximum atomic E-state index is 13.9. The molecule has 1 aliphatic carbocycles. The molecule has 0 radical (unpaired) electrons. The number of hydrogen-bond acceptors (Lipinski definition) is 3. The van der Waals surface area contributed by atoms with Crippen molar-refractivity contribution in [2.45, 2.75) is 31.8 Å². The van der Waals surface area contributed by atoms with Gasteiger partial charge < -0.3 is 10.1 Å². The van der Waals surface area contributed by atoms with Crippen LogP contribution in [-0.2, 0) is 13.0 Å². The monoisotopic (exact) mass is 397 g/mol. The number of hydrogen-bond donors (Lipinski definition) is 1. The minimum Gasteiger partial charge on any atom is -0.496 e. The number of carbonyl (C=O) groups is 1. The molecule has 1 atom stereocenters. The van der Waals surface area contributed by atoms with Gasteiger partial charge in [0.1, 0.15) is 22.9 Å². The van der Waals surface area contributed by atoms with Crippen molar-refractivity contribution in [1.29, 1.82) is 0 Å². The molecule has 150 valence electrons. The van der Waals surface area contributed by atoms with Gasteiger partial charge in [0.25, 0.3) is 5.91 Å². The van der Waals surface area contributed by atoms with Crippen LogP contribution in [0.25, 0.3) is 0 Å². The summed E-state index contributed by atoms with van der Waals surface area (Å²) >= 11 is 0. The van der Waals surface area contributed by atoms with E-state index in [0.717, 1.165) is 47.5 Å². The Morgan fingerprint density at radius 1 is 1.21 bits per heavy atom. The molecular weight excluding hydrogens is 376 g/mol. The van der Waals surface area contributed by atoms with E-state index in [2.05, 4.69) is 10.4 Å². The van der Waals surface area contributed by atoms with Gasteiger partial charge in [-0.2, -0.15) is 5.10 Å². The summed E-state index contributed by atoms with van der Waals surface area (Å²) < 4.78 is 35.2. The lowest BCUT2D eigenvalue weighted by Gasteiger charge is -2.24. The number of nitrogens with one attached hydrogen (secondary N) is 1. The van der Waals surface area contributed by atoms with E-state index < -0.39 is 23.1 Å². The number of benzene rings is 2. The van der Waals surface area contributed by atoms with Crippen molar-refractivity contribution in [1.82, 2.24) is 15.1 Å². The predicted octanol–water partition coefficient (Wildman–Crippen LogP) is 4.03. The van der Waals surface area contributed by atoms with E-state index in [9.17, 15) is 13.6 Å². The zero-order valence-corrected chi connectivity index (χ0v) is 16.0. The second kappa shape index (κ2) is 8.03. The molecule has 1 aromatic heterocycles. The molecule has 29 heavy (non-hydrogen) atoms. The fourth-order valence-corrected chi connectivity index (χ4v) is 3.85. The van der Waals surface area contributed by atoms with Crippen LogP contribution in [0, 0.1) is 11.6 Å². The van der Waals surface area contributed by atoms with Crippen LogP contribution >= 0.6 is 0 Å². The van der Waals surface area contributed by atoms with Crippen LogP contribution < -0.4 is 10.1 Å². The Bertz CT molecular complexity index is 1030. The highest BCUT2D eigenvalue weighted by molar-refractivity contribution is 5.95. The third kappa shape index (κ3) is 3.72. The average Bonchev–Trinajstić information content (AvgIpc) is 3.12. The second-order valence-corrected chi connectivity index (χ2v) is 7.03. The van der Waals surface area contributed by atoms with E-state index in [1.165, 1.54) is 6.07 Å². The molecule has 0 aliphatic heterocycles. The topological polar surface area (TPSA) is 56.1 Å². The quantitative estimate of drug-likeness (QED) is 0.707. The van der Waals surface area contributed by atoms with Crippen molar-refractivity contribution in [3.05, 3.63) is 82.7 Å². The van der Waals surface area contributed by atoms with Gasteiger partial charge in [0.15, 0.2) is 0 Å². The zero-order chi connectivity index (χ0) is 20.4. The van der Waals surface area contributed by atoms with Gasteiger partial charge >= 0.3 is 0 Å². The molecule has 1 aliphatic rings. The molecule has 4 rings (SSSR count). The van der Waals surface area contributed by atoms with Crippen LogP contribution in [0.4, 0.5) is 8.78 Å². The molecule has 0 saturated carbocycles. The van der Waals surface area contributed by atoms with Crippen molar-refractivity contribution >= 4 is 5.91 Å². The van der Waals surface area contributed by atoms with Crippen LogP contribution in [0.15, 0.2) is 48.7 Å². The highest BCUT2D eigenvalue weighted by Crippen LogP contribution is 2.31. The summed E-state index contributed by atoms with van der Waals surface area (Å²) in [5.74, 6) is -1.71. The lowest BCUT2D eigenvalue weighted by molar-refractivity contribution is 0.0924. The molecule has 0 unspecified atom stereocenters. The molecule has 3 aromatic rings. The maximum Gasteiger partial charge on any atom is 0.257 e. The van der Waals surface area contributed by atoms with Crippen molar-refractivity contribution in [3.63, 3.8) is 0 Å². The Morgan fingerprint density at radius 2 is 1.97 bits per heavy atom. The summed E-state index contributed by atoms with van der Waals surface area (Å²) in [6.07, 6.45) is 4.09. The molecule has 0 fully saturated rings. The number of methoxy groups -OCH3 is 1. The number of amides is 1. The lowest BCUT2D eigenvalue weighted by atomic mass is 9.92. The first kappa shape index (κ1) is 19.1. The van der Waals surface area contributed by atoms with Gasteiger partial charge in [0.2, 0.25) is 0 Å². The molecule has 2 aromatic carbocycles. The molecule has 1 heterocycles. The largest absolute Gasteiger partial charge is 0.496 e. The van der Waals surface area contributed by atoms with Crippen LogP contribution in [0.3, 0.4) is 0 Å². The first-order chi connectivity index (χ1) is 14.1. The molecule has 0 saturated heterocycles. The molecule has 0 bridgehead atoms. The SMILES string of the molecule is COc1ccccc1Cn1ncc2c1CCC[C@@H]2NC(=O)c1c(F)cccc1F. The Kier molecular flexibility index (Phi) is 5.29. The number of para-hydroxylation sites is 1. The smallest absolute Gasteiger partial charge is 0.257 e. The van der Waals surface area contributed by atoms with Crippen molar-refractivity contribution < 1.29 is 18.3 Å². The molecule has 1 N–H and O–H groups in total. The number of nitrogens with zero attached hydrogens (tertiary/aromatic N) is 2. The van der Waals surface area contributed by atoms with E-state index in [4.69, 9.17) is 4.74 Å².